The average molecular weight is 132 g/mol. The predicted molar refractivity (Wildman–Crippen MR) is 22.5 cm³/mol. The van der Waals surface area contributed by atoms with Crippen molar-refractivity contribution in [3.63, 3.8) is 0 Å². The highest BCUT2D eigenvalue weighted by Gasteiger charge is 2.34. The van der Waals surface area contributed by atoms with E-state index in [4.69, 9.17) is 10.4 Å². The number of imide groups is 1. The highest BCUT2D eigenvalue weighted by Crippen LogP contribution is 2.02. The zero-order valence-electron chi connectivity index (χ0n) is 4.31. The number of carbonyl (C=O) groups is 2. The van der Waals surface area contributed by atoms with E-state index in [0.29, 0.717) is 0 Å². The first kappa shape index (κ1) is 5.99. The van der Waals surface area contributed by atoms with Crippen molar-refractivity contribution in [3.05, 3.63) is 0 Å². The molecule has 6 nitrogen and oxygen atoms in total. The van der Waals surface area contributed by atoms with E-state index < -0.39 is 18.5 Å². The van der Waals surface area contributed by atoms with Gasteiger partial charge in [-0.25, -0.2) is 4.79 Å². The van der Waals surface area contributed by atoms with Crippen LogP contribution in [0.3, 0.4) is 0 Å². The lowest BCUT2D eigenvalue weighted by molar-refractivity contribution is -0.146. The molecule has 1 aliphatic rings. The first-order valence-electron chi connectivity index (χ1n) is 2.15. The number of hydrogen-bond acceptors (Lipinski definition) is 4. The summed E-state index contributed by atoms with van der Waals surface area (Å²) >= 11 is 0. The number of hydrogen-bond donors (Lipinski definition) is 2. The molecular formula is C3H4N2O4. The van der Waals surface area contributed by atoms with Crippen molar-refractivity contribution >= 4 is 11.9 Å². The van der Waals surface area contributed by atoms with Crippen LogP contribution in [0.25, 0.3) is 0 Å². The van der Waals surface area contributed by atoms with Crippen LogP contribution < -0.4 is 0 Å². The molecule has 0 aromatic carbocycles. The molecule has 6 heteroatoms. The first-order chi connectivity index (χ1) is 4.13. The van der Waals surface area contributed by atoms with Crippen LogP contribution in [0.2, 0.25) is 0 Å². The Bertz CT molecular complexity index is 167. The molecule has 0 unspecified atom stereocenters. The lowest BCUT2D eigenvalue weighted by Crippen LogP contribution is -2.28. The number of hydroxylamine groups is 4. The second-order valence-corrected chi connectivity index (χ2v) is 1.55. The summed E-state index contributed by atoms with van der Waals surface area (Å²) in [6.07, 6.45) is 0. The molecule has 1 saturated heterocycles. The minimum absolute atomic E-state index is 0.127. The molecule has 50 valence electrons. The third kappa shape index (κ3) is 0.734. The monoisotopic (exact) mass is 132 g/mol. The van der Waals surface area contributed by atoms with Gasteiger partial charge in [0.05, 0.1) is 0 Å². The van der Waals surface area contributed by atoms with Gasteiger partial charge >= 0.3 is 6.03 Å². The van der Waals surface area contributed by atoms with Gasteiger partial charge in [-0.3, -0.25) is 15.2 Å². The Labute approximate surface area is 49.8 Å². The number of nitrogens with zero attached hydrogens (tertiary/aromatic N) is 2. The fraction of sp³-hybridized carbons (Fsp3) is 0.333. The molecule has 1 rings (SSSR count). The van der Waals surface area contributed by atoms with Gasteiger partial charge in [-0.15, -0.1) is 5.06 Å². The Morgan fingerprint density at radius 1 is 1.33 bits per heavy atom. The van der Waals surface area contributed by atoms with Gasteiger partial charge in [0.1, 0.15) is 6.54 Å². The molecule has 0 saturated carbocycles. The van der Waals surface area contributed by atoms with Gasteiger partial charge in [0.15, 0.2) is 0 Å². The van der Waals surface area contributed by atoms with Crippen LogP contribution in [0.4, 0.5) is 4.79 Å². The van der Waals surface area contributed by atoms with Gasteiger partial charge in [-0.05, 0) is 0 Å². The van der Waals surface area contributed by atoms with Gasteiger partial charge in [0.25, 0.3) is 5.91 Å². The van der Waals surface area contributed by atoms with Gasteiger partial charge in [-0.2, -0.15) is 5.06 Å². The summed E-state index contributed by atoms with van der Waals surface area (Å²) < 4.78 is 0. The zero-order valence-corrected chi connectivity index (χ0v) is 4.31. The molecule has 1 fully saturated rings. The first-order valence-corrected chi connectivity index (χ1v) is 2.15. The fourth-order valence-electron chi connectivity index (χ4n) is 0.479. The van der Waals surface area contributed by atoms with Crippen molar-refractivity contribution in [2.75, 3.05) is 6.54 Å². The maximum atomic E-state index is 10.2. The molecule has 0 spiro atoms. The van der Waals surface area contributed by atoms with Crippen molar-refractivity contribution in [1.82, 2.24) is 10.1 Å². The van der Waals surface area contributed by atoms with Gasteiger partial charge in [0, 0.05) is 0 Å². The molecule has 3 amide bonds. The summed E-state index contributed by atoms with van der Waals surface area (Å²) in [4.78, 5) is 20.5. The van der Waals surface area contributed by atoms with Gasteiger partial charge < -0.3 is 0 Å². The molecule has 1 aliphatic heterocycles. The van der Waals surface area contributed by atoms with Crippen LogP contribution in [-0.4, -0.2) is 39.0 Å². The molecule has 0 aliphatic carbocycles. The summed E-state index contributed by atoms with van der Waals surface area (Å²) in [6, 6.07) is -1.11. The molecule has 0 radical (unpaired) electrons. The minimum atomic E-state index is -1.11. The van der Waals surface area contributed by atoms with Crippen molar-refractivity contribution in [1.29, 1.82) is 0 Å². The number of carbonyl (C=O) groups excluding carboxylic acids is 2. The van der Waals surface area contributed by atoms with Crippen molar-refractivity contribution in [2.45, 2.75) is 0 Å². The smallest absolute Gasteiger partial charge is 0.284 e. The van der Waals surface area contributed by atoms with E-state index in [1.54, 1.807) is 0 Å². The zero-order chi connectivity index (χ0) is 7.02. The Balaban J connectivity index is 2.77. The van der Waals surface area contributed by atoms with Crippen LogP contribution in [-0.2, 0) is 4.79 Å². The average Bonchev–Trinajstić information content (AvgIpc) is 1.98. The molecule has 1 heterocycles. The van der Waals surface area contributed by atoms with Gasteiger partial charge in [-0.1, -0.05) is 0 Å². The topological polar surface area (TPSA) is 81.1 Å². The summed E-state index contributed by atoms with van der Waals surface area (Å²) in [7, 11) is 0. The Morgan fingerprint density at radius 3 is 2.00 bits per heavy atom. The van der Waals surface area contributed by atoms with Crippen molar-refractivity contribution in [3.8, 4) is 0 Å². The third-order valence-electron chi connectivity index (χ3n) is 0.923. The molecule has 0 atom stereocenters. The number of rotatable bonds is 0. The molecule has 0 aromatic rings. The summed E-state index contributed by atoms with van der Waals surface area (Å²) in [5.41, 5.74) is 0. The second-order valence-electron chi connectivity index (χ2n) is 1.55. The quantitative estimate of drug-likeness (QED) is 0.328. The lowest BCUT2D eigenvalue weighted by Gasteiger charge is -2.01. The van der Waals surface area contributed by atoms with Crippen molar-refractivity contribution in [2.24, 2.45) is 0 Å². The second kappa shape index (κ2) is 1.67. The largest absolute Gasteiger partial charge is 0.375 e. The Kier molecular flexibility index (Phi) is 1.11. The summed E-state index contributed by atoms with van der Waals surface area (Å²) in [6.45, 7) is -0.477. The van der Waals surface area contributed by atoms with Crippen LogP contribution in [0.1, 0.15) is 0 Å². The third-order valence-corrected chi connectivity index (χ3v) is 0.923. The standard InChI is InChI=1S/C3H4N2O4/c6-2-1-4(8)3(7)5(2)9/h8-9H,1H2. The van der Waals surface area contributed by atoms with E-state index in [1.807, 2.05) is 0 Å². The van der Waals surface area contributed by atoms with Crippen molar-refractivity contribution < 1.29 is 20.0 Å². The normalized spacial score (nSPS) is 19.8. The minimum Gasteiger partial charge on any atom is -0.284 e. The van der Waals surface area contributed by atoms with Crippen LogP contribution in [0.15, 0.2) is 0 Å². The van der Waals surface area contributed by atoms with E-state index in [1.165, 1.54) is 0 Å². The fourth-order valence-corrected chi connectivity index (χ4v) is 0.479. The van der Waals surface area contributed by atoms with Gasteiger partial charge in [0.2, 0.25) is 0 Å². The molecule has 9 heavy (non-hydrogen) atoms. The summed E-state index contributed by atoms with van der Waals surface area (Å²) in [5, 5.41) is 16.8. The van der Waals surface area contributed by atoms with E-state index in [9.17, 15) is 9.59 Å². The molecule has 2 N–H and O–H groups in total. The predicted octanol–water partition coefficient (Wildman–Crippen LogP) is -0.971. The van der Waals surface area contributed by atoms with E-state index in [2.05, 4.69) is 0 Å². The lowest BCUT2D eigenvalue weighted by atomic mass is 10.6. The summed E-state index contributed by atoms with van der Waals surface area (Å²) in [5.74, 6) is -0.831. The van der Waals surface area contributed by atoms with Crippen LogP contribution in [0.5, 0.6) is 0 Å². The van der Waals surface area contributed by atoms with E-state index in [0.717, 1.165) is 0 Å². The Morgan fingerprint density at radius 2 is 1.89 bits per heavy atom. The van der Waals surface area contributed by atoms with E-state index >= 15 is 0 Å². The highest BCUT2D eigenvalue weighted by molar-refractivity contribution is 5.99. The molecule has 0 bridgehead atoms. The van der Waals surface area contributed by atoms with E-state index in [-0.39, 0.29) is 10.1 Å². The highest BCUT2D eigenvalue weighted by atomic mass is 16.6. The Hall–Kier alpha value is -1.14. The number of amides is 3. The maximum Gasteiger partial charge on any atom is 0.375 e. The maximum absolute atomic E-state index is 10.2. The number of urea groups is 1. The molecule has 0 aromatic heterocycles. The molecular weight excluding hydrogens is 128 g/mol. The van der Waals surface area contributed by atoms with Crippen LogP contribution >= 0.6 is 0 Å². The SMILES string of the molecule is O=C1CN(O)C(=O)N1O. The van der Waals surface area contributed by atoms with Crippen LogP contribution in [0, 0.1) is 0 Å².